The Morgan fingerprint density at radius 2 is 1.88 bits per heavy atom. The lowest BCUT2D eigenvalue weighted by molar-refractivity contribution is 0.373. The number of phenolic OH excluding ortho intramolecular Hbond substituents is 1. The second kappa shape index (κ2) is 7.13. The summed E-state index contributed by atoms with van der Waals surface area (Å²) in [5.41, 5.74) is 0.559. The van der Waals surface area contributed by atoms with Crippen LogP contribution >= 0.6 is 11.8 Å². The number of hydrogen-bond acceptors (Lipinski definition) is 7. The van der Waals surface area contributed by atoms with E-state index in [0.717, 1.165) is 11.5 Å². The number of aliphatic imine (C=N–C) groups is 2. The Bertz CT molecular complexity index is 933. The molecule has 3 heterocycles. The van der Waals surface area contributed by atoms with Crippen molar-refractivity contribution in [1.29, 1.82) is 0 Å². The first-order valence-corrected chi connectivity index (χ1v) is 8.85. The molecule has 2 atom stereocenters. The van der Waals surface area contributed by atoms with Crippen LogP contribution < -0.4 is 4.74 Å². The van der Waals surface area contributed by atoms with Gasteiger partial charge in [-0.1, -0.05) is 17.8 Å². The van der Waals surface area contributed by atoms with Crippen molar-refractivity contribution in [2.45, 2.75) is 11.3 Å². The molecule has 1 aromatic carbocycles. The third-order valence-electron chi connectivity index (χ3n) is 3.99. The first-order chi connectivity index (χ1) is 12.8. The van der Waals surface area contributed by atoms with Crippen molar-refractivity contribution in [3.8, 4) is 11.5 Å². The van der Waals surface area contributed by atoms with E-state index >= 15 is 0 Å². The molecular weight excluding hydrogens is 352 g/mol. The molecule has 7 heteroatoms. The first kappa shape index (κ1) is 16.5. The molecule has 0 aliphatic carbocycles. The smallest absolute Gasteiger partial charge is 0.184 e. The maximum absolute atomic E-state index is 10.2. The molecule has 0 spiro atoms. The predicted molar refractivity (Wildman–Crippen MR) is 100 cm³/mol. The summed E-state index contributed by atoms with van der Waals surface area (Å²) in [6.45, 7) is 0. The molecule has 2 aromatic heterocycles. The average Bonchev–Trinajstić information content (AvgIpc) is 3.40. The number of amidine groups is 1. The molecule has 26 heavy (non-hydrogen) atoms. The third-order valence-corrected chi connectivity index (χ3v) is 5.16. The standard InChI is InChI=1S/C19H16N2O4S/c1-23-14-6-2-5-12(17(14)22)11-20-19-21-16(13-7-3-9-24-13)18(26-19)15-8-4-10-25-15/h2-11,16,18,22H,1H3/t16-,18-/m0/s1. The van der Waals surface area contributed by atoms with E-state index in [1.54, 1.807) is 36.9 Å². The molecule has 0 fully saturated rings. The van der Waals surface area contributed by atoms with E-state index in [2.05, 4.69) is 9.98 Å². The van der Waals surface area contributed by atoms with E-state index in [0.29, 0.717) is 16.5 Å². The number of nitrogens with zero attached hydrogens (tertiary/aromatic N) is 2. The topological polar surface area (TPSA) is 80.5 Å². The fraction of sp³-hybridized carbons (Fsp3) is 0.158. The highest BCUT2D eigenvalue weighted by Gasteiger charge is 2.36. The van der Waals surface area contributed by atoms with Crippen LogP contribution in [0, 0.1) is 0 Å². The van der Waals surface area contributed by atoms with Crippen LogP contribution in [0.4, 0.5) is 0 Å². The summed E-state index contributed by atoms with van der Waals surface area (Å²) in [5, 5.41) is 10.7. The number of benzene rings is 1. The van der Waals surface area contributed by atoms with Crippen molar-refractivity contribution in [2.24, 2.45) is 9.98 Å². The van der Waals surface area contributed by atoms with E-state index in [4.69, 9.17) is 13.6 Å². The van der Waals surface area contributed by atoms with E-state index in [-0.39, 0.29) is 17.0 Å². The molecule has 0 saturated heterocycles. The number of aromatic hydroxyl groups is 1. The van der Waals surface area contributed by atoms with Gasteiger partial charge in [0.1, 0.15) is 22.8 Å². The minimum atomic E-state index is -0.216. The molecular formula is C19H16N2O4S. The van der Waals surface area contributed by atoms with Crippen LogP contribution in [-0.4, -0.2) is 23.6 Å². The molecule has 0 radical (unpaired) electrons. The summed E-state index contributed by atoms with van der Waals surface area (Å²) >= 11 is 1.50. The number of methoxy groups -OCH3 is 1. The van der Waals surface area contributed by atoms with Gasteiger partial charge < -0.3 is 18.7 Å². The Balaban J connectivity index is 1.62. The summed E-state index contributed by atoms with van der Waals surface area (Å²) < 4.78 is 16.2. The number of phenols is 1. The van der Waals surface area contributed by atoms with Crippen LogP contribution in [-0.2, 0) is 0 Å². The molecule has 3 aromatic rings. The van der Waals surface area contributed by atoms with Gasteiger partial charge in [0.15, 0.2) is 16.7 Å². The van der Waals surface area contributed by atoms with Gasteiger partial charge in [0.2, 0.25) is 0 Å². The molecule has 0 saturated carbocycles. The van der Waals surface area contributed by atoms with Crippen molar-refractivity contribution >= 4 is 23.1 Å². The third kappa shape index (κ3) is 3.13. The zero-order valence-electron chi connectivity index (χ0n) is 13.9. The molecule has 0 bridgehead atoms. The fourth-order valence-electron chi connectivity index (χ4n) is 2.73. The molecule has 132 valence electrons. The van der Waals surface area contributed by atoms with Crippen LogP contribution in [0.3, 0.4) is 0 Å². The van der Waals surface area contributed by atoms with Crippen molar-refractivity contribution in [2.75, 3.05) is 7.11 Å². The highest BCUT2D eigenvalue weighted by Crippen LogP contribution is 2.49. The van der Waals surface area contributed by atoms with Crippen LogP contribution in [0.25, 0.3) is 0 Å². The van der Waals surface area contributed by atoms with E-state index in [1.807, 2.05) is 24.3 Å². The molecule has 0 amide bonds. The summed E-state index contributed by atoms with van der Waals surface area (Å²) in [4.78, 5) is 9.11. The number of para-hydroxylation sites is 1. The van der Waals surface area contributed by atoms with Crippen LogP contribution in [0.15, 0.2) is 73.8 Å². The normalized spacial score (nSPS) is 19.8. The Kier molecular flexibility index (Phi) is 4.53. The SMILES string of the molecule is COc1cccc(C=NC2=N[C@@H](c3ccco3)[C@H](c3ccco3)S2)c1O. The van der Waals surface area contributed by atoms with Gasteiger partial charge in [-0.3, -0.25) is 0 Å². The Hall–Kier alpha value is -2.93. The van der Waals surface area contributed by atoms with E-state index < -0.39 is 0 Å². The summed E-state index contributed by atoms with van der Waals surface area (Å²) in [7, 11) is 1.51. The van der Waals surface area contributed by atoms with E-state index in [1.165, 1.54) is 18.9 Å². The quantitative estimate of drug-likeness (QED) is 0.681. The van der Waals surface area contributed by atoms with Gasteiger partial charge in [-0.2, -0.15) is 0 Å². The minimum Gasteiger partial charge on any atom is -0.504 e. The Morgan fingerprint density at radius 3 is 2.58 bits per heavy atom. The molecule has 4 rings (SSSR count). The first-order valence-electron chi connectivity index (χ1n) is 7.97. The largest absolute Gasteiger partial charge is 0.504 e. The van der Waals surface area contributed by atoms with Gasteiger partial charge in [0, 0.05) is 11.8 Å². The number of hydrogen-bond donors (Lipinski definition) is 1. The van der Waals surface area contributed by atoms with Gasteiger partial charge >= 0.3 is 0 Å². The fourth-order valence-corrected chi connectivity index (χ4v) is 3.82. The van der Waals surface area contributed by atoms with Gasteiger partial charge in [-0.25, -0.2) is 9.98 Å². The maximum Gasteiger partial charge on any atom is 0.184 e. The Morgan fingerprint density at radius 1 is 1.12 bits per heavy atom. The molecule has 1 N–H and O–H groups in total. The van der Waals surface area contributed by atoms with Crippen molar-refractivity contribution < 1.29 is 18.7 Å². The number of ether oxygens (including phenoxy) is 1. The predicted octanol–water partition coefficient (Wildman–Crippen LogP) is 4.59. The van der Waals surface area contributed by atoms with Gasteiger partial charge in [-0.05, 0) is 36.4 Å². The molecule has 0 unspecified atom stereocenters. The van der Waals surface area contributed by atoms with Crippen molar-refractivity contribution in [1.82, 2.24) is 0 Å². The monoisotopic (exact) mass is 368 g/mol. The van der Waals surface area contributed by atoms with E-state index in [9.17, 15) is 5.11 Å². The van der Waals surface area contributed by atoms with Crippen molar-refractivity contribution in [3.05, 3.63) is 72.1 Å². The molecule has 1 aliphatic rings. The lowest BCUT2D eigenvalue weighted by Gasteiger charge is -2.11. The zero-order chi connectivity index (χ0) is 17.9. The lowest BCUT2D eigenvalue weighted by atomic mass is 10.1. The molecule has 6 nitrogen and oxygen atoms in total. The lowest BCUT2D eigenvalue weighted by Crippen LogP contribution is -1.99. The van der Waals surface area contributed by atoms with Gasteiger partial charge in [0.05, 0.1) is 19.6 Å². The van der Waals surface area contributed by atoms with Crippen molar-refractivity contribution in [3.63, 3.8) is 0 Å². The highest BCUT2D eigenvalue weighted by atomic mass is 32.2. The van der Waals surface area contributed by atoms with Crippen LogP contribution in [0.2, 0.25) is 0 Å². The summed E-state index contributed by atoms with van der Waals surface area (Å²) in [6, 6.07) is 12.5. The summed E-state index contributed by atoms with van der Waals surface area (Å²) in [5.74, 6) is 2.02. The van der Waals surface area contributed by atoms with Gasteiger partial charge in [-0.15, -0.1) is 0 Å². The second-order valence-corrected chi connectivity index (χ2v) is 6.69. The molecule has 1 aliphatic heterocycles. The number of thioether (sulfide) groups is 1. The average molecular weight is 368 g/mol. The van der Waals surface area contributed by atoms with Gasteiger partial charge in [0.25, 0.3) is 0 Å². The highest BCUT2D eigenvalue weighted by molar-refractivity contribution is 8.14. The summed E-state index contributed by atoms with van der Waals surface area (Å²) in [6.07, 6.45) is 4.85. The van der Waals surface area contributed by atoms with Crippen LogP contribution in [0.1, 0.15) is 28.4 Å². The second-order valence-electron chi connectivity index (χ2n) is 5.58. The number of rotatable bonds is 4. The Labute approximate surface area is 154 Å². The number of furan rings is 2. The van der Waals surface area contributed by atoms with Crippen LogP contribution in [0.5, 0.6) is 11.5 Å². The maximum atomic E-state index is 10.2. The minimum absolute atomic E-state index is 0.0486. The zero-order valence-corrected chi connectivity index (χ0v) is 14.7.